The van der Waals surface area contributed by atoms with Crippen molar-refractivity contribution in [1.29, 1.82) is 0 Å². The van der Waals surface area contributed by atoms with Gasteiger partial charge in [-0.15, -0.1) is 11.3 Å². The van der Waals surface area contributed by atoms with Gasteiger partial charge < -0.3 is 4.74 Å². The lowest BCUT2D eigenvalue weighted by Crippen LogP contribution is -2.18. The number of nitrogens with zero attached hydrogens (tertiary/aromatic N) is 4. The van der Waals surface area contributed by atoms with E-state index in [2.05, 4.69) is 4.98 Å². The monoisotopic (exact) mass is 492 g/mol. The number of non-ortho nitro benzene ring substituents is 1. The molecule has 5 rings (SSSR count). The molecule has 0 saturated heterocycles. The molecule has 176 valence electrons. The zero-order valence-corrected chi connectivity index (χ0v) is 19.2. The summed E-state index contributed by atoms with van der Waals surface area (Å²) in [5.74, 6) is -0.696. The maximum Gasteiger partial charge on any atom is 0.270 e. The van der Waals surface area contributed by atoms with E-state index in [1.165, 1.54) is 48.8 Å². The Balaban J connectivity index is 1.53. The summed E-state index contributed by atoms with van der Waals surface area (Å²) in [6, 6.07) is 16.8. The summed E-state index contributed by atoms with van der Waals surface area (Å²) < 4.78 is 32.8. The number of rotatable bonds is 6. The van der Waals surface area contributed by atoms with Crippen LogP contribution >= 0.6 is 11.3 Å². The van der Waals surface area contributed by atoms with Crippen LogP contribution < -0.4 is 9.75 Å². The molecule has 1 aliphatic heterocycles. The maximum atomic E-state index is 14.2. The number of hydrogen-bond acceptors (Lipinski definition) is 7. The minimum absolute atomic E-state index is 0.0277. The molecule has 1 atom stereocenters. The van der Waals surface area contributed by atoms with Gasteiger partial charge in [0.25, 0.3) is 5.69 Å². The first-order valence-electron chi connectivity index (χ1n) is 10.6. The van der Waals surface area contributed by atoms with Gasteiger partial charge >= 0.3 is 0 Å². The molecule has 0 aliphatic carbocycles. The summed E-state index contributed by atoms with van der Waals surface area (Å²) in [6.07, 6.45) is 0.443. The second-order valence-electron chi connectivity index (χ2n) is 7.83. The van der Waals surface area contributed by atoms with E-state index in [4.69, 9.17) is 9.84 Å². The molecular formula is C25H18F2N4O3S. The van der Waals surface area contributed by atoms with E-state index < -0.39 is 10.7 Å². The second-order valence-corrected chi connectivity index (χ2v) is 8.67. The molecule has 1 aromatic heterocycles. The van der Waals surface area contributed by atoms with Crippen molar-refractivity contribution in [3.8, 4) is 17.0 Å². The third kappa shape index (κ3) is 4.47. The number of halogens is 2. The Kier molecular flexibility index (Phi) is 5.96. The molecule has 0 saturated carbocycles. The molecule has 3 aromatic carbocycles. The molecule has 0 fully saturated rings. The Bertz CT molecular complexity index is 1440. The molecule has 4 aromatic rings. The van der Waals surface area contributed by atoms with Gasteiger partial charge in [-0.1, -0.05) is 24.3 Å². The predicted molar refractivity (Wildman–Crippen MR) is 130 cm³/mol. The Morgan fingerprint density at radius 1 is 1.09 bits per heavy atom. The van der Waals surface area contributed by atoms with Crippen LogP contribution in [-0.2, 0) is 0 Å². The largest absolute Gasteiger partial charge is 0.494 e. The number of methoxy groups -OCH3 is 1. The van der Waals surface area contributed by atoms with Crippen molar-refractivity contribution < 1.29 is 18.4 Å². The Hall–Kier alpha value is -4.18. The number of nitro benzene ring substituents is 1. The number of hydrazone groups is 1. The molecule has 1 aliphatic rings. The standard InChI is InChI=1S/C25H18F2N4O3S/c1-34-24-10-7-17(12-20(24)27)22-14-35-25(28-22)30-23(15-5-8-18(26)9-6-15)13-21(29-30)16-3-2-4-19(11-16)31(32)33/h2-12,14,23H,13H2,1H3/t23-/m1/s1. The average molecular weight is 493 g/mol. The van der Waals surface area contributed by atoms with Crippen molar-refractivity contribution in [2.45, 2.75) is 12.5 Å². The highest BCUT2D eigenvalue weighted by molar-refractivity contribution is 7.14. The normalized spacial score (nSPS) is 15.2. The van der Waals surface area contributed by atoms with Crippen LogP contribution in [0.5, 0.6) is 5.75 Å². The van der Waals surface area contributed by atoms with Crippen molar-refractivity contribution >= 4 is 27.9 Å². The van der Waals surface area contributed by atoms with Crippen molar-refractivity contribution in [2.75, 3.05) is 12.1 Å². The topological polar surface area (TPSA) is 80.9 Å². The number of benzene rings is 3. The number of nitro groups is 1. The zero-order valence-electron chi connectivity index (χ0n) is 18.4. The number of hydrogen-bond donors (Lipinski definition) is 0. The van der Waals surface area contributed by atoms with Crippen LogP contribution in [0.1, 0.15) is 23.6 Å². The van der Waals surface area contributed by atoms with Gasteiger partial charge in [0.05, 0.1) is 29.5 Å². The van der Waals surface area contributed by atoms with E-state index in [1.807, 2.05) is 0 Å². The number of anilines is 1. The number of thiazole rings is 1. The molecule has 0 spiro atoms. The Morgan fingerprint density at radius 2 is 1.89 bits per heavy atom. The smallest absolute Gasteiger partial charge is 0.270 e. The molecule has 0 bridgehead atoms. The summed E-state index contributed by atoms with van der Waals surface area (Å²) >= 11 is 1.34. The quantitative estimate of drug-likeness (QED) is 0.231. The van der Waals surface area contributed by atoms with Crippen LogP contribution in [-0.4, -0.2) is 22.7 Å². The fourth-order valence-electron chi connectivity index (χ4n) is 3.93. The van der Waals surface area contributed by atoms with Crippen LogP contribution in [0, 0.1) is 21.7 Å². The summed E-state index contributed by atoms with van der Waals surface area (Å²) in [4.78, 5) is 15.5. The van der Waals surface area contributed by atoms with Crippen molar-refractivity contribution in [3.63, 3.8) is 0 Å². The van der Waals surface area contributed by atoms with Crippen molar-refractivity contribution in [3.05, 3.63) is 105 Å². The van der Waals surface area contributed by atoms with Crippen LogP contribution in [0.2, 0.25) is 0 Å². The fourth-order valence-corrected chi connectivity index (χ4v) is 4.77. The first-order valence-corrected chi connectivity index (χ1v) is 11.5. The van der Waals surface area contributed by atoms with Crippen molar-refractivity contribution in [1.82, 2.24) is 4.98 Å². The lowest BCUT2D eigenvalue weighted by molar-refractivity contribution is -0.384. The van der Waals surface area contributed by atoms with Gasteiger partial charge in [-0.05, 0) is 35.9 Å². The number of aromatic nitrogens is 1. The van der Waals surface area contributed by atoms with E-state index >= 15 is 0 Å². The van der Waals surface area contributed by atoms with Gasteiger partial charge in [0, 0.05) is 35.1 Å². The molecule has 0 radical (unpaired) electrons. The van der Waals surface area contributed by atoms with E-state index in [1.54, 1.807) is 46.8 Å². The van der Waals surface area contributed by atoms with E-state index in [-0.39, 0.29) is 23.3 Å². The first kappa shape index (κ1) is 22.6. The van der Waals surface area contributed by atoms with Crippen LogP contribution in [0.25, 0.3) is 11.3 Å². The maximum absolute atomic E-state index is 14.2. The SMILES string of the molecule is COc1ccc(-c2csc(N3N=C(c4cccc([N+](=O)[O-])c4)C[C@@H]3c3ccc(F)cc3)n2)cc1F. The van der Waals surface area contributed by atoms with Gasteiger partial charge in [-0.2, -0.15) is 5.10 Å². The number of ether oxygens (including phenoxy) is 1. The van der Waals surface area contributed by atoms with Gasteiger partial charge in [0.2, 0.25) is 5.13 Å². The lowest BCUT2D eigenvalue weighted by Gasteiger charge is -2.21. The molecule has 35 heavy (non-hydrogen) atoms. The molecule has 0 unspecified atom stereocenters. The summed E-state index contributed by atoms with van der Waals surface area (Å²) in [5.41, 5.74) is 3.23. The van der Waals surface area contributed by atoms with Crippen LogP contribution in [0.3, 0.4) is 0 Å². The van der Waals surface area contributed by atoms with Gasteiger partial charge in [-0.25, -0.2) is 18.8 Å². The highest BCUT2D eigenvalue weighted by atomic mass is 32.1. The third-order valence-electron chi connectivity index (χ3n) is 5.69. The summed E-state index contributed by atoms with van der Waals surface area (Å²) in [5, 5.41) is 20.1. The summed E-state index contributed by atoms with van der Waals surface area (Å²) in [6.45, 7) is 0. The minimum atomic E-state index is -0.490. The predicted octanol–water partition coefficient (Wildman–Crippen LogP) is 6.36. The first-order chi connectivity index (χ1) is 16.9. The van der Waals surface area contributed by atoms with Gasteiger partial charge in [-0.3, -0.25) is 10.1 Å². The molecule has 7 nitrogen and oxygen atoms in total. The van der Waals surface area contributed by atoms with Crippen LogP contribution in [0.4, 0.5) is 19.6 Å². The van der Waals surface area contributed by atoms with E-state index in [9.17, 15) is 18.9 Å². The second kappa shape index (κ2) is 9.22. The molecule has 10 heteroatoms. The molecule has 2 heterocycles. The lowest BCUT2D eigenvalue weighted by atomic mass is 9.98. The zero-order chi connectivity index (χ0) is 24.5. The fraction of sp³-hybridized carbons (Fsp3) is 0.120. The van der Waals surface area contributed by atoms with Crippen LogP contribution in [0.15, 0.2) is 77.2 Å². The molecule has 0 amide bonds. The highest BCUT2D eigenvalue weighted by Crippen LogP contribution is 2.40. The van der Waals surface area contributed by atoms with Gasteiger partial charge in [0.15, 0.2) is 11.6 Å². The van der Waals surface area contributed by atoms with Gasteiger partial charge in [0.1, 0.15) is 5.82 Å². The van der Waals surface area contributed by atoms with E-state index in [0.29, 0.717) is 34.1 Å². The third-order valence-corrected chi connectivity index (χ3v) is 6.52. The average Bonchev–Trinajstić information content (AvgIpc) is 3.52. The van der Waals surface area contributed by atoms with Crippen molar-refractivity contribution in [2.24, 2.45) is 5.10 Å². The Morgan fingerprint density at radius 3 is 2.60 bits per heavy atom. The van der Waals surface area contributed by atoms with E-state index in [0.717, 1.165) is 5.56 Å². The molecular weight excluding hydrogens is 474 g/mol. The summed E-state index contributed by atoms with van der Waals surface area (Å²) in [7, 11) is 1.40. The minimum Gasteiger partial charge on any atom is -0.494 e. The highest BCUT2D eigenvalue weighted by Gasteiger charge is 2.32. The molecule has 0 N–H and O–H groups in total. The Labute approximate surface area is 203 Å².